The van der Waals surface area contributed by atoms with Crippen LogP contribution in [-0.4, -0.2) is 20.6 Å². The molecule has 1 aromatic heterocycles. The van der Waals surface area contributed by atoms with Gasteiger partial charge in [-0.05, 0) is 44.4 Å². The monoisotopic (exact) mass is 272 g/mol. The van der Waals surface area contributed by atoms with Gasteiger partial charge in [0.1, 0.15) is 5.82 Å². The van der Waals surface area contributed by atoms with Crippen molar-refractivity contribution in [1.29, 1.82) is 0 Å². The number of nitrogens with zero attached hydrogens (tertiary/aromatic N) is 2. The van der Waals surface area contributed by atoms with Crippen molar-refractivity contribution >= 4 is 17.0 Å². The SMILES string of the molecule is CCn1c(C2CCCC2C(=O)O)nc2cc(C)ccc21. The number of benzene rings is 1. The zero-order valence-corrected chi connectivity index (χ0v) is 12.0. The molecule has 0 radical (unpaired) electrons. The Morgan fingerprint density at radius 1 is 1.45 bits per heavy atom. The Kier molecular flexibility index (Phi) is 3.24. The molecule has 1 aliphatic rings. The van der Waals surface area contributed by atoms with Crippen molar-refractivity contribution in [2.75, 3.05) is 0 Å². The average Bonchev–Trinajstić information content (AvgIpc) is 3.01. The summed E-state index contributed by atoms with van der Waals surface area (Å²) in [5.74, 6) is 0.0507. The summed E-state index contributed by atoms with van der Waals surface area (Å²) >= 11 is 0. The third-order valence-corrected chi connectivity index (χ3v) is 4.41. The normalized spacial score (nSPS) is 22.5. The molecule has 1 fully saturated rings. The first-order valence-electron chi connectivity index (χ1n) is 7.31. The molecule has 1 saturated carbocycles. The van der Waals surface area contributed by atoms with E-state index in [0.29, 0.717) is 0 Å². The number of aliphatic carboxylic acids is 1. The molecule has 106 valence electrons. The molecule has 0 saturated heterocycles. The third kappa shape index (κ3) is 1.99. The summed E-state index contributed by atoms with van der Waals surface area (Å²) in [5.41, 5.74) is 3.29. The van der Waals surface area contributed by atoms with Crippen molar-refractivity contribution in [3.63, 3.8) is 0 Å². The zero-order valence-electron chi connectivity index (χ0n) is 12.0. The van der Waals surface area contributed by atoms with E-state index in [2.05, 4.69) is 36.6 Å². The van der Waals surface area contributed by atoms with Crippen LogP contribution in [0, 0.1) is 12.8 Å². The van der Waals surface area contributed by atoms with E-state index in [1.807, 2.05) is 0 Å². The number of rotatable bonds is 3. The summed E-state index contributed by atoms with van der Waals surface area (Å²) in [6, 6.07) is 6.26. The van der Waals surface area contributed by atoms with Gasteiger partial charge in [-0.2, -0.15) is 0 Å². The maximum atomic E-state index is 11.4. The maximum absolute atomic E-state index is 11.4. The third-order valence-electron chi connectivity index (χ3n) is 4.41. The predicted molar refractivity (Wildman–Crippen MR) is 77.9 cm³/mol. The highest BCUT2D eigenvalue weighted by atomic mass is 16.4. The van der Waals surface area contributed by atoms with Gasteiger partial charge in [-0.25, -0.2) is 4.98 Å². The quantitative estimate of drug-likeness (QED) is 0.932. The van der Waals surface area contributed by atoms with E-state index in [0.717, 1.165) is 42.7 Å². The first kappa shape index (κ1) is 13.2. The van der Waals surface area contributed by atoms with Gasteiger partial charge in [0, 0.05) is 12.5 Å². The van der Waals surface area contributed by atoms with Crippen LogP contribution < -0.4 is 0 Å². The lowest BCUT2D eigenvalue weighted by Crippen LogP contribution is -2.20. The van der Waals surface area contributed by atoms with Crippen LogP contribution in [0.3, 0.4) is 0 Å². The van der Waals surface area contributed by atoms with Crippen molar-refractivity contribution in [2.45, 2.75) is 45.6 Å². The van der Waals surface area contributed by atoms with Gasteiger partial charge < -0.3 is 9.67 Å². The molecular weight excluding hydrogens is 252 g/mol. The summed E-state index contributed by atoms with van der Waals surface area (Å²) in [5, 5.41) is 9.39. The summed E-state index contributed by atoms with van der Waals surface area (Å²) in [4.78, 5) is 16.2. The molecule has 1 heterocycles. The lowest BCUT2D eigenvalue weighted by molar-refractivity contribution is -0.142. The number of aromatic nitrogens is 2. The van der Waals surface area contributed by atoms with E-state index in [-0.39, 0.29) is 11.8 Å². The number of carboxylic acids is 1. The van der Waals surface area contributed by atoms with Crippen molar-refractivity contribution in [3.05, 3.63) is 29.6 Å². The minimum absolute atomic E-state index is 0.0557. The summed E-state index contributed by atoms with van der Waals surface area (Å²) < 4.78 is 2.18. The molecule has 1 N–H and O–H groups in total. The first-order valence-corrected chi connectivity index (χ1v) is 7.31. The maximum Gasteiger partial charge on any atom is 0.307 e. The van der Waals surface area contributed by atoms with Gasteiger partial charge in [-0.15, -0.1) is 0 Å². The molecule has 1 aliphatic carbocycles. The molecule has 3 rings (SSSR count). The van der Waals surface area contributed by atoms with Gasteiger partial charge in [0.2, 0.25) is 0 Å². The fourth-order valence-electron chi connectivity index (χ4n) is 3.44. The molecule has 20 heavy (non-hydrogen) atoms. The minimum Gasteiger partial charge on any atom is -0.481 e. The molecule has 1 aromatic carbocycles. The number of carboxylic acid groups (broad SMARTS) is 1. The van der Waals surface area contributed by atoms with Crippen molar-refractivity contribution < 1.29 is 9.90 Å². The fraction of sp³-hybridized carbons (Fsp3) is 0.500. The second-order valence-electron chi connectivity index (χ2n) is 5.69. The van der Waals surface area contributed by atoms with Crippen LogP contribution in [0.2, 0.25) is 0 Å². The van der Waals surface area contributed by atoms with Crippen LogP contribution in [-0.2, 0) is 11.3 Å². The highest BCUT2D eigenvalue weighted by Gasteiger charge is 2.36. The van der Waals surface area contributed by atoms with Crippen LogP contribution in [0.15, 0.2) is 18.2 Å². The zero-order chi connectivity index (χ0) is 14.3. The van der Waals surface area contributed by atoms with Crippen molar-refractivity contribution in [2.24, 2.45) is 5.92 Å². The van der Waals surface area contributed by atoms with Gasteiger partial charge in [0.05, 0.1) is 17.0 Å². The van der Waals surface area contributed by atoms with Gasteiger partial charge in [-0.3, -0.25) is 4.79 Å². The lowest BCUT2D eigenvalue weighted by atomic mass is 9.95. The second-order valence-corrected chi connectivity index (χ2v) is 5.69. The number of imidazole rings is 1. The molecule has 2 unspecified atom stereocenters. The van der Waals surface area contributed by atoms with Gasteiger partial charge >= 0.3 is 5.97 Å². The number of hydrogen-bond donors (Lipinski definition) is 1. The molecule has 0 aliphatic heterocycles. The highest BCUT2D eigenvalue weighted by molar-refractivity contribution is 5.78. The standard InChI is InChI=1S/C16H20N2O2/c1-3-18-14-8-7-10(2)9-13(14)17-15(18)11-5-4-6-12(11)16(19)20/h7-9,11-12H,3-6H2,1-2H3,(H,19,20). The summed E-state index contributed by atoms with van der Waals surface area (Å²) in [6.07, 6.45) is 2.68. The largest absolute Gasteiger partial charge is 0.481 e. The Labute approximate surface area is 118 Å². The Bertz CT molecular complexity index is 660. The molecule has 0 bridgehead atoms. The topological polar surface area (TPSA) is 55.1 Å². The van der Waals surface area contributed by atoms with E-state index in [9.17, 15) is 9.90 Å². The van der Waals surface area contributed by atoms with Crippen LogP contribution in [0.25, 0.3) is 11.0 Å². The molecular formula is C16H20N2O2. The van der Waals surface area contributed by atoms with E-state index in [1.165, 1.54) is 5.56 Å². The Balaban J connectivity index is 2.13. The van der Waals surface area contributed by atoms with E-state index in [4.69, 9.17) is 4.98 Å². The Morgan fingerprint density at radius 2 is 2.25 bits per heavy atom. The van der Waals surface area contributed by atoms with Gasteiger partial charge in [0.25, 0.3) is 0 Å². The van der Waals surface area contributed by atoms with Gasteiger partial charge in [0.15, 0.2) is 0 Å². The number of fused-ring (bicyclic) bond motifs is 1. The molecule has 4 nitrogen and oxygen atoms in total. The number of aryl methyl sites for hydroxylation is 2. The molecule has 2 aromatic rings. The molecule has 0 spiro atoms. The smallest absolute Gasteiger partial charge is 0.307 e. The Hall–Kier alpha value is -1.84. The van der Waals surface area contributed by atoms with Crippen molar-refractivity contribution in [3.8, 4) is 0 Å². The predicted octanol–water partition coefficient (Wildman–Crippen LogP) is 3.33. The summed E-state index contributed by atoms with van der Waals surface area (Å²) in [6.45, 7) is 4.98. The Morgan fingerprint density at radius 3 is 2.95 bits per heavy atom. The first-order chi connectivity index (χ1) is 9.61. The van der Waals surface area contributed by atoms with Gasteiger partial charge in [-0.1, -0.05) is 12.5 Å². The van der Waals surface area contributed by atoms with Crippen molar-refractivity contribution in [1.82, 2.24) is 9.55 Å². The number of carbonyl (C=O) groups is 1. The van der Waals surface area contributed by atoms with Crippen LogP contribution in [0.5, 0.6) is 0 Å². The lowest BCUT2D eigenvalue weighted by Gasteiger charge is -2.16. The second kappa shape index (κ2) is 4.93. The van der Waals surface area contributed by atoms with E-state index < -0.39 is 5.97 Å². The fourth-order valence-corrected chi connectivity index (χ4v) is 3.44. The van der Waals surface area contributed by atoms with Crippen LogP contribution in [0.4, 0.5) is 0 Å². The van der Waals surface area contributed by atoms with Crippen LogP contribution >= 0.6 is 0 Å². The van der Waals surface area contributed by atoms with E-state index in [1.54, 1.807) is 0 Å². The van der Waals surface area contributed by atoms with Crippen LogP contribution in [0.1, 0.15) is 43.5 Å². The van der Waals surface area contributed by atoms with E-state index >= 15 is 0 Å². The highest BCUT2D eigenvalue weighted by Crippen LogP contribution is 2.40. The average molecular weight is 272 g/mol. The minimum atomic E-state index is -0.682. The summed E-state index contributed by atoms with van der Waals surface area (Å²) in [7, 11) is 0. The number of hydrogen-bond acceptors (Lipinski definition) is 2. The molecule has 2 atom stereocenters. The molecule has 0 amide bonds. The molecule has 4 heteroatoms.